The number of nitrogens with one attached hydrogen (secondary N) is 1. The van der Waals surface area contributed by atoms with Gasteiger partial charge in [0.15, 0.2) is 0 Å². The zero-order chi connectivity index (χ0) is 13.5. The van der Waals surface area contributed by atoms with E-state index in [0.717, 1.165) is 18.8 Å². The van der Waals surface area contributed by atoms with Crippen molar-refractivity contribution in [1.29, 1.82) is 0 Å². The van der Waals surface area contributed by atoms with Gasteiger partial charge in [-0.3, -0.25) is 0 Å². The van der Waals surface area contributed by atoms with Crippen molar-refractivity contribution >= 4 is 0 Å². The summed E-state index contributed by atoms with van der Waals surface area (Å²) in [6.07, 6.45) is 1.15. The molecule has 1 aromatic rings. The van der Waals surface area contributed by atoms with Crippen LogP contribution in [-0.4, -0.2) is 12.6 Å². The summed E-state index contributed by atoms with van der Waals surface area (Å²) >= 11 is 0. The third kappa shape index (κ3) is 5.09. The molecule has 2 heteroatoms. The molecule has 0 aliphatic rings. The molecule has 0 amide bonds. The first-order chi connectivity index (χ1) is 8.52. The Bertz CT molecular complexity index is 331. The molecule has 0 aromatic heterocycles. The van der Waals surface area contributed by atoms with E-state index in [9.17, 15) is 0 Å². The van der Waals surface area contributed by atoms with Gasteiger partial charge >= 0.3 is 0 Å². The molecule has 2 nitrogen and oxygen atoms in total. The van der Waals surface area contributed by atoms with Gasteiger partial charge in [0.2, 0.25) is 0 Å². The second kappa shape index (κ2) is 7.42. The maximum absolute atomic E-state index is 5.68. The fourth-order valence-corrected chi connectivity index (χ4v) is 1.76. The van der Waals surface area contributed by atoms with Crippen LogP contribution in [0.1, 0.15) is 52.6 Å². The van der Waals surface area contributed by atoms with Crippen LogP contribution in [0.5, 0.6) is 5.75 Å². The van der Waals surface area contributed by atoms with E-state index in [-0.39, 0.29) is 0 Å². The molecule has 1 N–H and O–H groups in total. The second-order valence-corrected chi connectivity index (χ2v) is 5.47. The van der Waals surface area contributed by atoms with Gasteiger partial charge in [0.1, 0.15) is 5.75 Å². The average molecular weight is 249 g/mol. The molecule has 102 valence electrons. The molecular weight excluding hydrogens is 222 g/mol. The molecule has 1 rings (SSSR count). The van der Waals surface area contributed by atoms with Gasteiger partial charge in [-0.25, -0.2) is 0 Å². The average Bonchev–Trinajstić information content (AvgIpc) is 2.36. The van der Waals surface area contributed by atoms with Gasteiger partial charge in [0.25, 0.3) is 0 Å². The Morgan fingerprint density at radius 2 is 1.67 bits per heavy atom. The van der Waals surface area contributed by atoms with Crippen LogP contribution < -0.4 is 10.1 Å². The SMILES string of the molecule is CC[C@@H](C)N[C@@H](C)c1ccc(OCC(C)C)cc1. The smallest absolute Gasteiger partial charge is 0.119 e. The molecule has 2 atom stereocenters. The maximum Gasteiger partial charge on any atom is 0.119 e. The van der Waals surface area contributed by atoms with Gasteiger partial charge in [0.05, 0.1) is 6.61 Å². The number of hydrogen-bond acceptors (Lipinski definition) is 2. The Kier molecular flexibility index (Phi) is 6.20. The van der Waals surface area contributed by atoms with Gasteiger partial charge in [-0.05, 0) is 43.9 Å². The van der Waals surface area contributed by atoms with Crippen molar-refractivity contribution in [2.45, 2.75) is 53.1 Å². The molecule has 1 aromatic carbocycles. The predicted octanol–water partition coefficient (Wildman–Crippen LogP) is 4.17. The molecule has 0 radical (unpaired) electrons. The monoisotopic (exact) mass is 249 g/mol. The van der Waals surface area contributed by atoms with E-state index in [1.165, 1.54) is 5.56 Å². The summed E-state index contributed by atoms with van der Waals surface area (Å²) in [5.41, 5.74) is 1.31. The molecule has 0 saturated heterocycles. The molecule has 0 saturated carbocycles. The van der Waals surface area contributed by atoms with Crippen molar-refractivity contribution in [2.75, 3.05) is 6.61 Å². The van der Waals surface area contributed by atoms with Crippen LogP contribution >= 0.6 is 0 Å². The Morgan fingerprint density at radius 1 is 1.06 bits per heavy atom. The minimum atomic E-state index is 0.388. The van der Waals surface area contributed by atoms with Gasteiger partial charge in [-0.15, -0.1) is 0 Å². The van der Waals surface area contributed by atoms with E-state index in [1.54, 1.807) is 0 Å². The van der Waals surface area contributed by atoms with Crippen molar-refractivity contribution < 1.29 is 4.74 Å². The van der Waals surface area contributed by atoms with Crippen LogP contribution in [0.3, 0.4) is 0 Å². The standard InChI is InChI=1S/C16H27NO/c1-6-13(4)17-14(5)15-7-9-16(10-8-15)18-11-12(2)3/h7-10,12-14,17H,6,11H2,1-5H3/t13-,14+/m1/s1. The fourth-order valence-electron chi connectivity index (χ4n) is 1.76. The molecule has 0 bridgehead atoms. The highest BCUT2D eigenvalue weighted by molar-refractivity contribution is 5.29. The zero-order valence-corrected chi connectivity index (χ0v) is 12.4. The van der Waals surface area contributed by atoms with Crippen molar-refractivity contribution in [3.63, 3.8) is 0 Å². The van der Waals surface area contributed by atoms with Gasteiger partial charge in [-0.2, -0.15) is 0 Å². The Morgan fingerprint density at radius 3 is 2.17 bits per heavy atom. The highest BCUT2D eigenvalue weighted by Gasteiger charge is 2.08. The molecule has 0 aliphatic heterocycles. The van der Waals surface area contributed by atoms with Gasteiger partial charge in [-0.1, -0.05) is 32.9 Å². The molecule has 0 unspecified atom stereocenters. The molecule has 18 heavy (non-hydrogen) atoms. The van der Waals surface area contributed by atoms with E-state index in [0.29, 0.717) is 18.0 Å². The summed E-state index contributed by atoms with van der Waals surface area (Å²) in [6.45, 7) is 11.7. The quantitative estimate of drug-likeness (QED) is 0.783. The minimum absolute atomic E-state index is 0.388. The lowest BCUT2D eigenvalue weighted by Gasteiger charge is -2.19. The van der Waals surface area contributed by atoms with Gasteiger partial charge in [0, 0.05) is 12.1 Å². The number of ether oxygens (including phenoxy) is 1. The fraction of sp³-hybridized carbons (Fsp3) is 0.625. The Labute approximate surface area is 112 Å². The zero-order valence-electron chi connectivity index (χ0n) is 12.4. The lowest BCUT2D eigenvalue weighted by molar-refractivity contribution is 0.271. The topological polar surface area (TPSA) is 21.3 Å². The maximum atomic E-state index is 5.68. The summed E-state index contributed by atoms with van der Waals surface area (Å²) in [7, 11) is 0. The first-order valence-corrected chi connectivity index (χ1v) is 7.01. The van der Waals surface area contributed by atoms with E-state index in [1.807, 2.05) is 0 Å². The normalized spacial score (nSPS) is 14.6. The van der Waals surface area contributed by atoms with Crippen LogP contribution in [0, 0.1) is 5.92 Å². The van der Waals surface area contributed by atoms with Crippen LogP contribution in [0.15, 0.2) is 24.3 Å². The minimum Gasteiger partial charge on any atom is -0.493 e. The largest absolute Gasteiger partial charge is 0.493 e. The first kappa shape index (κ1) is 15.0. The van der Waals surface area contributed by atoms with Gasteiger partial charge < -0.3 is 10.1 Å². The molecule has 0 heterocycles. The first-order valence-electron chi connectivity index (χ1n) is 7.01. The number of benzene rings is 1. The van der Waals surface area contributed by atoms with E-state index < -0.39 is 0 Å². The summed E-state index contributed by atoms with van der Waals surface area (Å²) in [6, 6.07) is 9.36. The van der Waals surface area contributed by atoms with Crippen molar-refractivity contribution in [3.05, 3.63) is 29.8 Å². The van der Waals surface area contributed by atoms with E-state index in [2.05, 4.69) is 64.2 Å². The Hall–Kier alpha value is -1.02. The molecule has 0 aliphatic carbocycles. The summed E-state index contributed by atoms with van der Waals surface area (Å²) < 4.78 is 5.68. The third-order valence-corrected chi connectivity index (χ3v) is 3.11. The number of hydrogen-bond donors (Lipinski definition) is 1. The van der Waals surface area contributed by atoms with Crippen LogP contribution in [0.2, 0.25) is 0 Å². The second-order valence-electron chi connectivity index (χ2n) is 5.47. The molecule has 0 fully saturated rings. The lowest BCUT2D eigenvalue weighted by Crippen LogP contribution is -2.28. The van der Waals surface area contributed by atoms with Crippen molar-refractivity contribution in [2.24, 2.45) is 5.92 Å². The highest BCUT2D eigenvalue weighted by Crippen LogP contribution is 2.18. The third-order valence-electron chi connectivity index (χ3n) is 3.11. The van der Waals surface area contributed by atoms with Crippen LogP contribution in [-0.2, 0) is 0 Å². The number of rotatable bonds is 7. The van der Waals surface area contributed by atoms with Crippen LogP contribution in [0.25, 0.3) is 0 Å². The highest BCUT2D eigenvalue weighted by atomic mass is 16.5. The van der Waals surface area contributed by atoms with E-state index >= 15 is 0 Å². The Balaban J connectivity index is 2.53. The summed E-state index contributed by atoms with van der Waals surface area (Å²) in [5.74, 6) is 1.53. The molecular formula is C16H27NO. The summed E-state index contributed by atoms with van der Waals surface area (Å²) in [5, 5.41) is 3.57. The summed E-state index contributed by atoms with van der Waals surface area (Å²) in [4.78, 5) is 0. The predicted molar refractivity (Wildman–Crippen MR) is 78.1 cm³/mol. The van der Waals surface area contributed by atoms with E-state index in [4.69, 9.17) is 4.74 Å². The molecule has 0 spiro atoms. The van der Waals surface area contributed by atoms with Crippen LogP contribution in [0.4, 0.5) is 0 Å². The lowest BCUT2D eigenvalue weighted by atomic mass is 10.1. The van der Waals surface area contributed by atoms with Crippen molar-refractivity contribution in [3.8, 4) is 5.75 Å². The van der Waals surface area contributed by atoms with Crippen molar-refractivity contribution in [1.82, 2.24) is 5.32 Å².